The number of carbonyl (C=O) groups excluding carboxylic acids is 1. The van der Waals surface area contributed by atoms with Crippen molar-refractivity contribution in [3.63, 3.8) is 0 Å². The van der Waals surface area contributed by atoms with Gasteiger partial charge in [0.05, 0.1) is 18.3 Å². The Hall–Kier alpha value is -2.72. The zero-order valence-corrected chi connectivity index (χ0v) is 21.6. The van der Waals surface area contributed by atoms with Gasteiger partial charge in [0, 0.05) is 25.7 Å². The molecule has 0 radical (unpaired) electrons. The molecule has 192 valence electrons. The van der Waals surface area contributed by atoms with Crippen LogP contribution in [-0.2, 0) is 16.4 Å². The molecule has 10 heteroatoms. The highest BCUT2D eigenvalue weighted by atomic mass is 32.2. The van der Waals surface area contributed by atoms with E-state index in [2.05, 4.69) is 17.2 Å². The van der Waals surface area contributed by atoms with Gasteiger partial charge in [0.1, 0.15) is 18.3 Å². The van der Waals surface area contributed by atoms with Gasteiger partial charge in [-0.2, -0.15) is 0 Å². The highest BCUT2D eigenvalue weighted by molar-refractivity contribution is 7.92. The molecule has 1 amide bonds. The number of hydrogen-bond acceptors (Lipinski definition) is 6. The number of sulfonamides is 1. The number of pyridine rings is 1. The van der Waals surface area contributed by atoms with Crippen LogP contribution in [0.25, 0.3) is 0 Å². The summed E-state index contributed by atoms with van der Waals surface area (Å²) in [4.78, 5) is 19.8. The Labute approximate surface area is 207 Å². The maximum Gasteiger partial charge on any atom is 0.251 e. The van der Waals surface area contributed by atoms with E-state index in [1.54, 1.807) is 13.0 Å². The molecule has 0 bridgehead atoms. The fourth-order valence-electron chi connectivity index (χ4n) is 4.16. The summed E-state index contributed by atoms with van der Waals surface area (Å²) in [7, 11) is -1.72. The van der Waals surface area contributed by atoms with Crippen LogP contribution in [0.2, 0.25) is 0 Å². The van der Waals surface area contributed by atoms with Crippen LogP contribution in [-0.4, -0.2) is 64.5 Å². The van der Waals surface area contributed by atoms with Crippen LogP contribution in [0, 0.1) is 11.8 Å². The standard InChI is InChI=1S/C25H36FN5O3S/c1-5-31(35(4,33)34)24-14-19(13-23(29-24)30(3)16-20-11-17(20)2)25(32)28-22(21(27)15-26)12-18-9-7-6-8-10-18/h6-10,13-14,17,20-22H,5,11-12,15-16,27H2,1-4H3,(H,28,32)/t17?,20?,21?,22-/m0/s1. The topological polar surface area (TPSA) is 109 Å². The summed E-state index contributed by atoms with van der Waals surface area (Å²) in [5, 5.41) is 2.86. The van der Waals surface area contributed by atoms with Crippen molar-refractivity contribution in [1.82, 2.24) is 10.3 Å². The molecule has 1 aromatic carbocycles. The Balaban J connectivity index is 1.93. The van der Waals surface area contributed by atoms with Crippen LogP contribution in [0.5, 0.6) is 0 Å². The third kappa shape index (κ3) is 7.14. The molecule has 0 aliphatic heterocycles. The molecule has 0 spiro atoms. The summed E-state index contributed by atoms with van der Waals surface area (Å²) < 4.78 is 39.4. The third-order valence-corrected chi connectivity index (χ3v) is 7.74. The summed E-state index contributed by atoms with van der Waals surface area (Å²) in [6, 6.07) is 11.0. The lowest BCUT2D eigenvalue weighted by Gasteiger charge is -2.26. The van der Waals surface area contributed by atoms with Crippen LogP contribution < -0.4 is 20.3 Å². The molecule has 1 aliphatic rings. The lowest BCUT2D eigenvalue weighted by molar-refractivity contribution is 0.0928. The molecule has 4 atom stereocenters. The second-order valence-electron chi connectivity index (χ2n) is 9.44. The molecule has 0 saturated heterocycles. The maximum atomic E-state index is 13.5. The molecule has 3 unspecified atom stereocenters. The van der Waals surface area contributed by atoms with Crippen LogP contribution in [0.3, 0.4) is 0 Å². The molecule has 8 nitrogen and oxygen atoms in total. The lowest BCUT2D eigenvalue weighted by Crippen LogP contribution is -2.50. The number of rotatable bonds is 12. The average Bonchev–Trinajstić information content (AvgIpc) is 3.51. The van der Waals surface area contributed by atoms with E-state index in [9.17, 15) is 17.6 Å². The fraction of sp³-hybridized carbons (Fsp3) is 0.520. The molecule has 1 fully saturated rings. The van der Waals surface area contributed by atoms with E-state index in [-0.39, 0.29) is 17.9 Å². The van der Waals surface area contributed by atoms with Gasteiger partial charge in [0.2, 0.25) is 10.0 Å². The number of halogens is 1. The number of carbonyl (C=O) groups is 1. The monoisotopic (exact) mass is 505 g/mol. The lowest BCUT2D eigenvalue weighted by atomic mass is 10.00. The first-order valence-corrected chi connectivity index (χ1v) is 13.8. The van der Waals surface area contributed by atoms with Crippen LogP contribution in [0.4, 0.5) is 16.0 Å². The van der Waals surface area contributed by atoms with Gasteiger partial charge in [0.15, 0.2) is 0 Å². The minimum atomic E-state index is -3.60. The zero-order valence-electron chi connectivity index (χ0n) is 20.8. The van der Waals surface area contributed by atoms with Gasteiger partial charge in [-0.3, -0.25) is 9.10 Å². The van der Waals surface area contributed by atoms with Crippen LogP contribution in [0.15, 0.2) is 42.5 Å². The normalized spacial score (nSPS) is 19.0. The largest absolute Gasteiger partial charge is 0.359 e. The average molecular weight is 506 g/mol. The number of hydrogen-bond donors (Lipinski definition) is 2. The number of nitrogens with two attached hydrogens (primary N) is 1. The SMILES string of the molecule is CCN(c1cc(C(=O)N[C@@H](Cc2ccccc2)C(N)CF)cc(N(C)CC2CC2C)n1)S(C)(=O)=O. The van der Waals surface area contributed by atoms with Crippen molar-refractivity contribution >= 4 is 27.6 Å². The van der Waals surface area contributed by atoms with E-state index in [1.807, 2.05) is 42.3 Å². The number of amides is 1. The molecule has 3 N–H and O–H groups in total. The van der Waals surface area contributed by atoms with Crippen molar-refractivity contribution in [2.45, 2.75) is 38.8 Å². The minimum absolute atomic E-state index is 0.169. The van der Waals surface area contributed by atoms with Gasteiger partial charge in [-0.25, -0.2) is 17.8 Å². The first kappa shape index (κ1) is 26.9. The second-order valence-corrected chi connectivity index (χ2v) is 11.3. The van der Waals surface area contributed by atoms with E-state index in [0.717, 1.165) is 29.1 Å². The molecule has 1 heterocycles. The van der Waals surface area contributed by atoms with Crippen LogP contribution in [0.1, 0.15) is 36.2 Å². The number of nitrogens with zero attached hydrogens (tertiary/aromatic N) is 3. The minimum Gasteiger partial charge on any atom is -0.359 e. The first-order valence-electron chi connectivity index (χ1n) is 11.9. The summed E-state index contributed by atoms with van der Waals surface area (Å²) in [5.74, 6) is 1.38. The molecule has 3 rings (SSSR count). The molecule has 2 aromatic rings. The number of anilines is 2. The third-order valence-electron chi connectivity index (χ3n) is 6.49. The number of alkyl halides is 1. The van der Waals surface area contributed by atoms with Gasteiger partial charge in [0.25, 0.3) is 5.91 Å². The van der Waals surface area contributed by atoms with Gasteiger partial charge in [-0.1, -0.05) is 37.3 Å². The molecule has 35 heavy (non-hydrogen) atoms. The maximum absolute atomic E-state index is 13.5. The summed E-state index contributed by atoms with van der Waals surface area (Å²) in [5.41, 5.74) is 7.17. The highest BCUT2D eigenvalue weighted by Gasteiger charge is 2.34. The Kier molecular flexibility index (Phi) is 8.71. The van der Waals surface area contributed by atoms with Crippen molar-refractivity contribution in [2.24, 2.45) is 17.6 Å². The Morgan fingerprint density at radius 2 is 1.89 bits per heavy atom. The van der Waals surface area contributed by atoms with Gasteiger partial charge in [-0.05, 0) is 49.3 Å². The summed E-state index contributed by atoms with van der Waals surface area (Å²) >= 11 is 0. The highest BCUT2D eigenvalue weighted by Crippen LogP contribution is 2.38. The summed E-state index contributed by atoms with van der Waals surface area (Å²) in [6.45, 7) is 4.03. The smallest absolute Gasteiger partial charge is 0.251 e. The van der Waals surface area contributed by atoms with Gasteiger partial charge in [-0.15, -0.1) is 0 Å². The predicted molar refractivity (Wildman–Crippen MR) is 138 cm³/mol. The van der Waals surface area contributed by atoms with E-state index < -0.39 is 34.7 Å². The van der Waals surface area contributed by atoms with E-state index in [1.165, 1.54) is 6.07 Å². The van der Waals surface area contributed by atoms with Crippen molar-refractivity contribution in [3.8, 4) is 0 Å². The Morgan fingerprint density at radius 3 is 2.43 bits per heavy atom. The number of nitrogens with one attached hydrogen (secondary N) is 1. The van der Waals surface area contributed by atoms with Gasteiger partial charge >= 0.3 is 0 Å². The number of aromatic nitrogens is 1. The van der Waals surface area contributed by atoms with E-state index >= 15 is 0 Å². The van der Waals surface area contributed by atoms with Gasteiger partial charge < -0.3 is 16.0 Å². The quantitative estimate of drug-likeness (QED) is 0.459. The summed E-state index contributed by atoms with van der Waals surface area (Å²) in [6.07, 6.45) is 2.60. The van der Waals surface area contributed by atoms with E-state index in [4.69, 9.17) is 5.73 Å². The van der Waals surface area contributed by atoms with Crippen LogP contribution >= 0.6 is 0 Å². The first-order chi connectivity index (χ1) is 16.5. The molecule has 1 aromatic heterocycles. The van der Waals surface area contributed by atoms with Crippen molar-refractivity contribution in [3.05, 3.63) is 53.6 Å². The van der Waals surface area contributed by atoms with Crippen molar-refractivity contribution < 1.29 is 17.6 Å². The fourth-order valence-corrected chi connectivity index (χ4v) is 5.06. The Morgan fingerprint density at radius 1 is 1.26 bits per heavy atom. The van der Waals surface area contributed by atoms with Crippen molar-refractivity contribution in [1.29, 1.82) is 0 Å². The molecular weight excluding hydrogens is 469 g/mol. The predicted octanol–water partition coefficient (Wildman–Crippen LogP) is 2.60. The molecule has 1 saturated carbocycles. The zero-order chi connectivity index (χ0) is 25.8. The number of benzene rings is 1. The second kappa shape index (κ2) is 11.3. The molecular formula is C25H36FN5O3S. The molecule has 1 aliphatic carbocycles. The Bertz CT molecular complexity index is 1120. The van der Waals surface area contributed by atoms with E-state index in [0.29, 0.717) is 24.1 Å². The van der Waals surface area contributed by atoms with Crippen molar-refractivity contribution in [2.75, 3.05) is 42.3 Å².